The van der Waals surface area contributed by atoms with Crippen molar-refractivity contribution in [3.63, 3.8) is 0 Å². The molecule has 1 heterocycles. The van der Waals surface area contributed by atoms with Gasteiger partial charge in [-0.05, 0) is 43.7 Å². The average Bonchev–Trinajstić information content (AvgIpc) is 2.40. The number of nitrogens with zero attached hydrogens (tertiary/aromatic N) is 2. The number of aromatic nitrogens is 2. The molecule has 2 aromatic rings. The molecule has 0 atom stereocenters. The van der Waals surface area contributed by atoms with Crippen LogP contribution >= 0.6 is 0 Å². The molecule has 1 aromatic heterocycles. The van der Waals surface area contributed by atoms with E-state index in [9.17, 15) is 4.79 Å². The molecule has 3 N–H and O–H groups in total. The summed E-state index contributed by atoms with van der Waals surface area (Å²) in [4.78, 5) is 18.7. The topological polar surface area (TPSA) is 98.3 Å². The molecule has 0 radical (unpaired) electrons. The van der Waals surface area contributed by atoms with Crippen LogP contribution < -0.4 is 10.5 Å². The summed E-state index contributed by atoms with van der Waals surface area (Å²) < 4.78 is 5.46. The van der Waals surface area contributed by atoms with E-state index in [-0.39, 0.29) is 11.6 Å². The van der Waals surface area contributed by atoms with E-state index in [4.69, 9.17) is 15.6 Å². The maximum atomic E-state index is 11.0. The van der Waals surface area contributed by atoms with Crippen LogP contribution in [-0.4, -0.2) is 27.7 Å². The van der Waals surface area contributed by atoms with Crippen molar-refractivity contribution in [2.45, 2.75) is 13.8 Å². The first-order valence-corrected chi connectivity index (χ1v) is 6.13. The molecule has 0 spiro atoms. The van der Waals surface area contributed by atoms with Crippen molar-refractivity contribution in [2.75, 3.05) is 12.3 Å². The highest BCUT2D eigenvalue weighted by atomic mass is 16.5. The van der Waals surface area contributed by atoms with E-state index in [1.54, 1.807) is 0 Å². The van der Waals surface area contributed by atoms with Crippen LogP contribution in [0.4, 0.5) is 5.95 Å². The Kier molecular flexibility index (Phi) is 3.84. The number of anilines is 1. The second-order valence-corrected chi connectivity index (χ2v) is 4.22. The Morgan fingerprint density at radius 1 is 1.35 bits per heavy atom. The summed E-state index contributed by atoms with van der Waals surface area (Å²) in [5.74, 6) is -0.411. The Labute approximate surface area is 116 Å². The summed E-state index contributed by atoms with van der Waals surface area (Å²) >= 11 is 0. The lowest BCUT2D eigenvalue weighted by Crippen LogP contribution is -2.06. The van der Waals surface area contributed by atoms with E-state index in [2.05, 4.69) is 9.97 Å². The summed E-state index contributed by atoms with van der Waals surface area (Å²) in [7, 11) is 0. The second kappa shape index (κ2) is 5.56. The van der Waals surface area contributed by atoms with Gasteiger partial charge in [0.25, 0.3) is 0 Å². The summed E-state index contributed by atoms with van der Waals surface area (Å²) in [6, 6.07) is 6.91. The Bertz CT molecular complexity index is 656. The van der Waals surface area contributed by atoms with E-state index in [1.807, 2.05) is 32.0 Å². The molecule has 0 amide bonds. The van der Waals surface area contributed by atoms with E-state index in [1.165, 1.54) is 6.07 Å². The van der Waals surface area contributed by atoms with Crippen LogP contribution in [0.25, 0.3) is 11.3 Å². The predicted octanol–water partition coefficient (Wildman–Crippen LogP) is 2.13. The highest BCUT2D eigenvalue weighted by Gasteiger charge is 2.11. The number of hydrogen-bond acceptors (Lipinski definition) is 5. The highest BCUT2D eigenvalue weighted by molar-refractivity contribution is 5.87. The number of carboxylic acid groups (broad SMARTS) is 1. The highest BCUT2D eigenvalue weighted by Crippen LogP contribution is 2.25. The first-order valence-electron chi connectivity index (χ1n) is 6.13. The van der Waals surface area contributed by atoms with Gasteiger partial charge in [-0.3, -0.25) is 0 Å². The molecule has 2 rings (SSSR count). The molecular formula is C14H15N3O3. The van der Waals surface area contributed by atoms with Crippen molar-refractivity contribution in [3.8, 4) is 17.0 Å². The number of aromatic carboxylic acids is 1. The van der Waals surface area contributed by atoms with Crippen molar-refractivity contribution in [1.29, 1.82) is 0 Å². The minimum atomic E-state index is -1.14. The number of hydrogen-bond donors (Lipinski definition) is 2. The first-order chi connectivity index (χ1) is 9.51. The van der Waals surface area contributed by atoms with Gasteiger partial charge in [-0.15, -0.1) is 0 Å². The fourth-order valence-corrected chi connectivity index (χ4v) is 1.85. The number of benzene rings is 1. The molecule has 0 fully saturated rings. The summed E-state index contributed by atoms with van der Waals surface area (Å²) in [6.45, 7) is 4.42. The second-order valence-electron chi connectivity index (χ2n) is 4.22. The van der Waals surface area contributed by atoms with Gasteiger partial charge in [0.2, 0.25) is 5.95 Å². The van der Waals surface area contributed by atoms with Gasteiger partial charge in [-0.1, -0.05) is 0 Å². The van der Waals surface area contributed by atoms with Gasteiger partial charge in [0.15, 0.2) is 5.69 Å². The third kappa shape index (κ3) is 2.85. The molecule has 0 aliphatic heterocycles. The van der Waals surface area contributed by atoms with Gasteiger partial charge < -0.3 is 15.6 Å². The van der Waals surface area contributed by atoms with Crippen LogP contribution in [0.3, 0.4) is 0 Å². The smallest absolute Gasteiger partial charge is 0.354 e. The van der Waals surface area contributed by atoms with Crippen LogP contribution in [-0.2, 0) is 0 Å². The zero-order chi connectivity index (χ0) is 14.7. The van der Waals surface area contributed by atoms with E-state index in [0.717, 1.165) is 16.9 Å². The summed E-state index contributed by atoms with van der Waals surface area (Å²) in [5.41, 5.74) is 7.60. The molecule has 20 heavy (non-hydrogen) atoms. The van der Waals surface area contributed by atoms with Crippen molar-refractivity contribution in [3.05, 3.63) is 35.5 Å². The predicted molar refractivity (Wildman–Crippen MR) is 74.7 cm³/mol. The van der Waals surface area contributed by atoms with Gasteiger partial charge in [0, 0.05) is 5.56 Å². The van der Waals surface area contributed by atoms with Gasteiger partial charge >= 0.3 is 5.97 Å². The molecule has 104 valence electrons. The van der Waals surface area contributed by atoms with Crippen LogP contribution in [0.1, 0.15) is 23.0 Å². The number of nitrogens with two attached hydrogens (primary N) is 1. The SMILES string of the molecule is CCOc1ccc(-c2cc(C(=O)O)nc(N)n2)cc1C. The van der Waals surface area contributed by atoms with Gasteiger partial charge in [-0.25, -0.2) is 14.8 Å². The Morgan fingerprint density at radius 3 is 2.70 bits per heavy atom. The Morgan fingerprint density at radius 2 is 2.10 bits per heavy atom. The van der Waals surface area contributed by atoms with Gasteiger partial charge in [0.05, 0.1) is 12.3 Å². The number of carbonyl (C=O) groups is 1. The quantitative estimate of drug-likeness (QED) is 0.885. The normalized spacial score (nSPS) is 10.3. The number of ether oxygens (including phenoxy) is 1. The lowest BCUT2D eigenvalue weighted by Gasteiger charge is -2.09. The maximum Gasteiger partial charge on any atom is 0.354 e. The van der Waals surface area contributed by atoms with Gasteiger partial charge in [-0.2, -0.15) is 0 Å². The van der Waals surface area contributed by atoms with Gasteiger partial charge in [0.1, 0.15) is 5.75 Å². The van der Waals surface area contributed by atoms with Crippen molar-refractivity contribution < 1.29 is 14.6 Å². The van der Waals surface area contributed by atoms with E-state index < -0.39 is 5.97 Å². The van der Waals surface area contributed by atoms with Crippen LogP contribution in [0.5, 0.6) is 5.75 Å². The minimum Gasteiger partial charge on any atom is -0.494 e. The van der Waals surface area contributed by atoms with Crippen LogP contribution in [0, 0.1) is 6.92 Å². The lowest BCUT2D eigenvalue weighted by molar-refractivity contribution is 0.0690. The summed E-state index contributed by atoms with van der Waals surface area (Å²) in [5, 5.41) is 8.98. The third-order valence-electron chi connectivity index (χ3n) is 2.73. The van der Waals surface area contributed by atoms with E-state index in [0.29, 0.717) is 12.3 Å². The largest absolute Gasteiger partial charge is 0.494 e. The first kappa shape index (κ1) is 13.8. The van der Waals surface area contributed by atoms with Crippen molar-refractivity contribution in [2.24, 2.45) is 0 Å². The average molecular weight is 273 g/mol. The molecule has 0 aliphatic carbocycles. The number of aryl methyl sites for hydroxylation is 1. The van der Waals surface area contributed by atoms with Crippen molar-refractivity contribution >= 4 is 11.9 Å². The Hall–Kier alpha value is -2.63. The zero-order valence-electron chi connectivity index (χ0n) is 11.3. The Balaban J connectivity index is 2.46. The number of rotatable bonds is 4. The minimum absolute atomic E-state index is 0.0635. The standard InChI is InChI=1S/C14H15N3O3/c1-3-20-12-5-4-9(6-8(12)2)10-7-11(13(18)19)17-14(15)16-10/h4-7H,3H2,1-2H3,(H,18,19)(H2,15,16,17). The zero-order valence-corrected chi connectivity index (χ0v) is 11.3. The molecule has 0 unspecified atom stereocenters. The molecule has 6 nitrogen and oxygen atoms in total. The fraction of sp³-hybridized carbons (Fsp3) is 0.214. The number of nitrogen functional groups attached to an aromatic ring is 1. The monoisotopic (exact) mass is 273 g/mol. The molecular weight excluding hydrogens is 258 g/mol. The molecule has 0 saturated heterocycles. The van der Waals surface area contributed by atoms with E-state index >= 15 is 0 Å². The molecule has 0 bridgehead atoms. The fourth-order valence-electron chi connectivity index (χ4n) is 1.85. The maximum absolute atomic E-state index is 11.0. The summed E-state index contributed by atoms with van der Waals surface area (Å²) in [6.07, 6.45) is 0. The van der Waals surface area contributed by atoms with Crippen LogP contribution in [0.2, 0.25) is 0 Å². The lowest BCUT2D eigenvalue weighted by atomic mass is 10.1. The molecule has 0 aliphatic rings. The molecule has 0 saturated carbocycles. The number of carboxylic acids is 1. The van der Waals surface area contributed by atoms with Crippen molar-refractivity contribution in [1.82, 2.24) is 9.97 Å². The van der Waals surface area contributed by atoms with Crippen LogP contribution in [0.15, 0.2) is 24.3 Å². The molecule has 1 aromatic carbocycles. The molecule has 6 heteroatoms. The third-order valence-corrected chi connectivity index (χ3v) is 2.73.